The number of anilines is 1. The second kappa shape index (κ2) is 5.82. The molecular formula is C12H16ClN5. The number of rotatable bonds is 5. The topological polar surface area (TPSA) is 55.6 Å². The normalized spacial score (nSPS) is 10.6. The number of hydrogen-bond donors (Lipinski definition) is 1. The van der Waals surface area contributed by atoms with Crippen molar-refractivity contribution in [3.8, 4) is 0 Å². The van der Waals surface area contributed by atoms with Crippen molar-refractivity contribution >= 4 is 17.4 Å². The first kappa shape index (κ1) is 12.8. The minimum absolute atomic E-state index is 0.522. The fourth-order valence-electron chi connectivity index (χ4n) is 1.74. The fraction of sp³-hybridized carbons (Fsp3) is 0.417. The first-order chi connectivity index (χ1) is 8.72. The molecule has 2 aromatic heterocycles. The van der Waals surface area contributed by atoms with Gasteiger partial charge < -0.3 is 9.88 Å². The zero-order valence-corrected chi connectivity index (χ0v) is 11.3. The van der Waals surface area contributed by atoms with Gasteiger partial charge in [-0.25, -0.2) is 15.0 Å². The Bertz CT molecular complexity index is 523. The summed E-state index contributed by atoms with van der Waals surface area (Å²) in [6.45, 7) is 2.72. The van der Waals surface area contributed by atoms with Crippen LogP contribution in [0.25, 0.3) is 0 Å². The monoisotopic (exact) mass is 265 g/mol. The molecule has 0 saturated carbocycles. The zero-order chi connectivity index (χ0) is 13.0. The molecule has 0 spiro atoms. The van der Waals surface area contributed by atoms with Gasteiger partial charge in [-0.05, 0) is 6.42 Å². The van der Waals surface area contributed by atoms with Crippen LogP contribution in [0.4, 0.5) is 5.82 Å². The maximum Gasteiger partial charge on any atom is 0.137 e. The van der Waals surface area contributed by atoms with Crippen molar-refractivity contribution in [1.29, 1.82) is 0 Å². The number of aromatic nitrogens is 4. The third-order valence-electron chi connectivity index (χ3n) is 2.73. The van der Waals surface area contributed by atoms with E-state index in [1.807, 2.05) is 17.8 Å². The molecule has 0 saturated heterocycles. The molecule has 0 aliphatic rings. The summed E-state index contributed by atoms with van der Waals surface area (Å²) in [5, 5.41) is 3.79. The highest BCUT2D eigenvalue weighted by Crippen LogP contribution is 2.21. The highest BCUT2D eigenvalue weighted by Gasteiger charge is 2.09. The van der Waals surface area contributed by atoms with Gasteiger partial charge in [-0.3, -0.25) is 0 Å². The Morgan fingerprint density at radius 3 is 2.83 bits per heavy atom. The summed E-state index contributed by atoms with van der Waals surface area (Å²) >= 11 is 6.09. The molecular weight excluding hydrogens is 250 g/mol. The first-order valence-corrected chi connectivity index (χ1v) is 6.29. The van der Waals surface area contributed by atoms with Gasteiger partial charge in [0.2, 0.25) is 0 Å². The van der Waals surface area contributed by atoms with Crippen LogP contribution < -0.4 is 5.32 Å². The minimum Gasteiger partial charge on any atom is -0.362 e. The molecule has 6 heteroatoms. The highest BCUT2D eigenvalue weighted by atomic mass is 35.5. The molecule has 0 atom stereocenters. The zero-order valence-electron chi connectivity index (χ0n) is 10.5. The van der Waals surface area contributed by atoms with Gasteiger partial charge in [-0.15, -0.1) is 0 Å². The van der Waals surface area contributed by atoms with Crippen molar-refractivity contribution in [2.24, 2.45) is 7.05 Å². The summed E-state index contributed by atoms with van der Waals surface area (Å²) in [5.74, 6) is 1.74. The third-order valence-corrected chi connectivity index (χ3v) is 3.05. The molecule has 96 valence electrons. The average Bonchev–Trinajstić information content (AvgIpc) is 2.76. The first-order valence-electron chi connectivity index (χ1n) is 5.91. The van der Waals surface area contributed by atoms with Crippen LogP contribution in [0.2, 0.25) is 5.15 Å². The predicted molar refractivity (Wildman–Crippen MR) is 71.6 cm³/mol. The number of aryl methyl sites for hydroxylation is 1. The maximum absolute atomic E-state index is 6.09. The van der Waals surface area contributed by atoms with Crippen LogP contribution in [0.1, 0.15) is 24.7 Å². The van der Waals surface area contributed by atoms with Crippen molar-refractivity contribution in [2.45, 2.75) is 26.3 Å². The molecule has 2 rings (SSSR count). The third kappa shape index (κ3) is 2.79. The van der Waals surface area contributed by atoms with Crippen molar-refractivity contribution < 1.29 is 0 Å². The summed E-state index contributed by atoms with van der Waals surface area (Å²) in [5.41, 5.74) is 0.968. The van der Waals surface area contributed by atoms with Gasteiger partial charge in [0.25, 0.3) is 0 Å². The Hall–Kier alpha value is -1.62. The van der Waals surface area contributed by atoms with E-state index >= 15 is 0 Å². The average molecular weight is 266 g/mol. The van der Waals surface area contributed by atoms with E-state index in [-0.39, 0.29) is 0 Å². The molecule has 2 aromatic rings. The molecule has 0 bridgehead atoms. The predicted octanol–water partition coefficient (Wildman–Crippen LogP) is 2.43. The molecule has 0 aromatic carbocycles. The fourth-order valence-corrected chi connectivity index (χ4v) is 1.97. The summed E-state index contributed by atoms with van der Waals surface area (Å²) in [6, 6.07) is 0. The van der Waals surface area contributed by atoms with E-state index in [9.17, 15) is 0 Å². The number of nitrogens with zero attached hydrogens (tertiary/aromatic N) is 4. The maximum atomic E-state index is 6.09. The van der Waals surface area contributed by atoms with Gasteiger partial charge in [0.1, 0.15) is 23.1 Å². The van der Waals surface area contributed by atoms with Gasteiger partial charge in [0, 0.05) is 25.0 Å². The Balaban J connectivity index is 2.14. The van der Waals surface area contributed by atoms with Crippen LogP contribution >= 0.6 is 11.6 Å². The van der Waals surface area contributed by atoms with E-state index in [4.69, 9.17) is 11.6 Å². The van der Waals surface area contributed by atoms with Gasteiger partial charge in [0.05, 0.1) is 6.54 Å². The van der Waals surface area contributed by atoms with Crippen molar-refractivity contribution in [3.05, 3.63) is 35.3 Å². The van der Waals surface area contributed by atoms with Gasteiger partial charge in [-0.2, -0.15) is 0 Å². The van der Waals surface area contributed by atoms with Gasteiger partial charge in [0.15, 0.2) is 0 Å². The number of halogens is 1. The van der Waals surface area contributed by atoms with E-state index in [2.05, 4.69) is 27.2 Å². The Labute approximate surface area is 111 Å². The summed E-state index contributed by atoms with van der Waals surface area (Å²) < 4.78 is 1.97. The molecule has 0 aliphatic carbocycles. The lowest BCUT2D eigenvalue weighted by Crippen LogP contribution is -2.09. The Morgan fingerprint density at radius 2 is 2.17 bits per heavy atom. The van der Waals surface area contributed by atoms with E-state index in [0.717, 1.165) is 30.0 Å². The molecule has 0 radical (unpaired) electrons. The summed E-state index contributed by atoms with van der Waals surface area (Å²) in [7, 11) is 1.96. The number of imidazole rings is 1. The standard InChI is InChI=1S/C12H16ClN5/c1-3-4-9-11(13)16-8-17-12(9)15-7-10-14-5-6-18(10)2/h5-6,8H,3-4,7H2,1-2H3,(H,15,16,17). The van der Waals surface area contributed by atoms with Crippen LogP contribution in [0.15, 0.2) is 18.7 Å². The van der Waals surface area contributed by atoms with Crippen molar-refractivity contribution in [1.82, 2.24) is 19.5 Å². The molecule has 0 fully saturated rings. The molecule has 0 aliphatic heterocycles. The van der Waals surface area contributed by atoms with E-state index in [1.165, 1.54) is 6.33 Å². The highest BCUT2D eigenvalue weighted by molar-refractivity contribution is 6.30. The lowest BCUT2D eigenvalue weighted by Gasteiger charge is -2.11. The SMILES string of the molecule is CCCc1c(Cl)ncnc1NCc1nccn1C. The molecule has 5 nitrogen and oxygen atoms in total. The number of nitrogens with one attached hydrogen (secondary N) is 1. The van der Waals surface area contributed by atoms with Crippen molar-refractivity contribution in [2.75, 3.05) is 5.32 Å². The van der Waals surface area contributed by atoms with Crippen LogP contribution in [-0.2, 0) is 20.0 Å². The van der Waals surface area contributed by atoms with Gasteiger partial charge >= 0.3 is 0 Å². The van der Waals surface area contributed by atoms with Gasteiger partial charge in [-0.1, -0.05) is 24.9 Å². The lowest BCUT2D eigenvalue weighted by molar-refractivity contribution is 0.806. The number of hydrogen-bond acceptors (Lipinski definition) is 4. The Morgan fingerprint density at radius 1 is 1.33 bits per heavy atom. The quantitative estimate of drug-likeness (QED) is 0.844. The largest absolute Gasteiger partial charge is 0.362 e. The second-order valence-corrected chi connectivity index (χ2v) is 4.41. The van der Waals surface area contributed by atoms with E-state index in [0.29, 0.717) is 11.7 Å². The smallest absolute Gasteiger partial charge is 0.137 e. The molecule has 0 amide bonds. The molecule has 2 heterocycles. The lowest BCUT2D eigenvalue weighted by atomic mass is 10.2. The van der Waals surface area contributed by atoms with Crippen molar-refractivity contribution in [3.63, 3.8) is 0 Å². The second-order valence-electron chi connectivity index (χ2n) is 4.05. The van der Waals surface area contributed by atoms with E-state index in [1.54, 1.807) is 6.20 Å². The van der Waals surface area contributed by atoms with Crippen LogP contribution in [-0.4, -0.2) is 19.5 Å². The minimum atomic E-state index is 0.522. The van der Waals surface area contributed by atoms with E-state index < -0.39 is 0 Å². The van der Waals surface area contributed by atoms with Crippen LogP contribution in [0.5, 0.6) is 0 Å². The van der Waals surface area contributed by atoms with Crippen LogP contribution in [0.3, 0.4) is 0 Å². The molecule has 18 heavy (non-hydrogen) atoms. The Kier molecular flexibility index (Phi) is 4.15. The molecule has 0 unspecified atom stereocenters. The summed E-state index contributed by atoms with van der Waals surface area (Å²) in [6.07, 6.45) is 7.03. The molecule has 1 N–H and O–H groups in total. The summed E-state index contributed by atoms with van der Waals surface area (Å²) in [4.78, 5) is 12.5. The van der Waals surface area contributed by atoms with Crippen LogP contribution in [0, 0.1) is 0 Å².